The summed E-state index contributed by atoms with van der Waals surface area (Å²) in [5.41, 5.74) is 1.02. The number of hydrogen-bond donors (Lipinski definition) is 1. The van der Waals surface area contributed by atoms with Crippen molar-refractivity contribution in [1.29, 1.82) is 0 Å². The lowest BCUT2D eigenvalue weighted by molar-refractivity contribution is -0.126. The molecule has 1 N–H and O–H groups in total. The van der Waals surface area contributed by atoms with Crippen molar-refractivity contribution in [2.75, 3.05) is 13.1 Å². The molecular weight excluding hydrogens is 451 g/mol. The minimum Gasteiger partial charge on any atom is -0.349 e. The quantitative estimate of drug-likeness (QED) is 0.571. The number of nitrogens with zero attached hydrogens (tertiary/aromatic N) is 1. The maximum Gasteiger partial charge on any atom is 0.243 e. The zero-order valence-corrected chi connectivity index (χ0v) is 19.2. The van der Waals surface area contributed by atoms with Crippen LogP contribution in [0.3, 0.4) is 0 Å². The Balaban J connectivity index is 1.38. The second-order valence-corrected chi connectivity index (χ2v) is 10.4. The van der Waals surface area contributed by atoms with Gasteiger partial charge < -0.3 is 5.32 Å². The molecule has 1 aliphatic heterocycles. The molecule has 3 aromatic rings. The van der Waals surface area contributed by atoms with E-state index in [2.05, 4.69) is 11.4 Å². The van der Waals surface area contributed by atoms with Gasteiger partial charge in [0.2, 0.25) is 15.9 Å². The zero-order valence-electron chi connectivity index (χ0n) is 17.6. The summed E-state index contributed by atoms with van der Waals surface area (Å²) in [5.74, 6) is -1.00. The Hall–Kier alpha value is -2.48. The van der Waals surface area contributed by atoms with Gasteiger partial charge in [-0.2, -0.15) is 4.31 Å². The van der Waals surface area contributed by atoms with Gasteiger partial charge in [-0.05, 0) is 60.4 Å². The summed E-state index contributed by atoms with van der Waals surface area (Å²) >= 11 is 5.74. The largest absolute Gasteiger partial charge is 0.349 e. The molecule has 8 heteroatoms. The van der Waals surface area contributed by atoms with Crippen LogP contribution in [0.15, 0.2) is 65.6 Å². The highest BCUT2D eigenvalue weighted by Gasteiger charge is 2.32. The topological polar surface area (TPSA) is 66.5 Å². The van der Waals surface area contributed by atoms with E-state index in [1.807, 2.05) is 43.3 Å². The summed E-state index contributed by atoms with van der Waals surface area (Å²) < 4.78 is 40.4. The second kappa shape index (κ2) is 9.17. The molecule has 1 aliphatic rings. The van der Waals surface area contributed by atoms with E-state index in [0.717, 1.165) is 28.5 Å². The van der Waals surface area contributed by atoms with Gasteiger partial charge in [0.15, 0.2) is 0 Å². The van der Waals surface area contributed by atoms with E-state index in [4.69, 9.17) is 11.6 Å². The van der Waals surface area contributed by atoms with Crippen LogP contribution in [0.4, 0.5) is 4.39 Å². The number of fused-ring (bicyclic) bond motifs is 1. The molecule has 0 bridgehead atoms. The number of piperidine rings is 1. The van der Waals surface area contributed by atoms with Crippen LogP contribution in [0.5, 0.6) is 0 Å². The Labute approximate surface area is 192 Å². The second-order valence-electron chi connectivity index (χ2n) is 8.09. The predicted octanol–water partition coefficient (Wildman–Crippen LogP) is 4.91. The van der Waals surface area contributed by atoms with Crippen molar-refractivity contribution in [2.24, 2.45) is 5.92 Å². The van der Waals surface area contributed by atoms with Crippen molar-refractivity contribution in [2.45, 2.75) is 30.7 Å². The first-order valence-electron chi connectivity index (χ1n) is 10.5. The lowest BCUT2D eigenvalue weighted by Gasteiger charge is -2.31. The fraction of sp³-hybridized carbons (Fsp3) is 0.292. The highest BCUT2D eigenvalue weighted by atomic mass is 35.5. The summed E-state index contributed by atoms with van der Waals surface area (Å²) in [6.45, 7) is 2.39. The third kappa shape index (κ3) is 4.65. The maximum absolute atomic E-state index is 13.4. The predicted molar refractivity (Wildman–Crippen MR) is 123 cm³/mol. The number of carbonyl (C=O) groups is 1. The fourth-order valence-corrected chi connectivity index (χ4v) is 5.78. The van der Waals surface area contributed by atoms with Crippen LogP contribution in [-0.4, -0.2) is 31.7 Å². The van der Waals surface area contributed by atoms with Crippen molar-refractivity contribution >= 4 is 38.3 Å². The van der Waals surface area contributed by atoms with Gasteiger partial charge >= 0.3 is 0 Å². The minimum atomic E-state index is -3.79. The smallest absolute Gasteiger partial charge is 0.243 e. The highest BCUT2D eigenvalue weighted by Crippen LogP contribution is 2.27. The number of benzene rings is 3. The molecule has 3 aromatic carbocycles. The molecular formula is C24H24ClFN2O3S. The molecule has 0 spiro atoms. The zero-order chi connectivity index (χ0) is 22.9. The number of amides is 1. The van der Waals surface area contributed by atoms with Crippen molar-refractivity contribution in [1.82, 2.24) is 9.62 Å². The Kier molecular flexibility index (Phi) is 6.51. The number of halogens is 2. The molecule has 32 heavy (non-hydrogen) atoms. The van der Waals surface area contributed by atoms with Gasteiger partial charge in [0.25, 0.3) is 0 Å². The normalized spacial score (nSPS) is 16.7. The maximum atomic E-state index is 13.4. The summed E-state index contributed by atoms with van der Waals surface area (Å²) in [6.07, 6.45) is 0.842. The van der Waals surface area contributed by atoms with Crippen LogP contribution < -0.4 is 5.32 Å². The van der Waals surface area contributed by atoms with Crippen molar-refractivity contribution < 1.29 is 17.6 Å². The van der Waals surface area contributed by atoms with Crippen molar-refractivity contribution in [3.63, 3.8) is 0 Å². The third-order valence-corrected chi connectivity index (χ3v) is 8.17. The molecule has 0 saturated carbocycles. The first kappa shape index (κ1) is 22.7. The SMILES string of the molecule is CC(NC(=O)C1CCN(S(=O)(=O)c2ccc(F)c(Cl)c2)CC1)c1ccc2ccccc2c1. The van der Waals surface area contributed by atoms with Crippen LogP contribution in [0, 0.1) is 11.7 Å². The average Bonchev–Trinajstić information content (AvgIpc) is 2.80. The van der Waals surface area contributed by atoms with Crippen LogP contribution in [0.1, 0.15) is 31.4 Å². The standard InChI is InChI=1S/C24H24ClFN2O3S/c1-16(19-7-6-17-4-2-3-5-20(17)14-19)27-24(29)18-10-12-28(13-11-18)32(30,31)21-8-9-23(26)22(25)15-21/h2-9,14-16,18H,10-13H2,1H3,(H,27,29). The molecule has 1 atom stereocenters. The molecule has 1 saturated heterocycles. The number of nitrogens with one attached hydrogen (secondary N) is 1. The van der Waals surface area contributed by atoms with E-state index in [-0.39, 0.29) is 40.9 Å². The van der Waals surface area contributed by atoms with Crippen molar-refractivity contribution in [3.05, 3.63) is 77.1 Å². The molecule has 5 nitrogen and oxygen atoms in total. The molecule has 0 aliphatic carbocycles. The van der Waals surface area contributed by atoms with Crippen LogP contribution in [0.2, 0.25) is 5.02 Å². The molecule has 0 aromatic heterocycles. The Morgan fingerprint density at radius 3 is 2.44 bits per heavy atom. The Morgan fingerprint density at radius 2 is 1.75 bits per heavy atom. The monoisotopic (exact) mass is 474 g/mol. The summed E-state index contributed by atoms with van der Waals surface area (Å²) in [7, 11) is -3.79. The third-order valence-electron chi connectivity index (χ3n) is 5.99. The molecule has 1 amide bonds. The van der Waals surface area contributed by atoms with Gasteiger partial charge in [-0.15, -0.1) is 0 Å². The minimum absolute atomic E-state index is 0.0447. The van der Waals surface area contributed by atoms with Gasteiger partial charge in [0.05, 0.1) is 16.0 Å². The van der Waals surface area contributed by atoms with E-state index in [9.17, 15) is 17.6 Å². The summed E-state index contributed by atoms with van der Waals surface area (Å²) in [4.78, 5) is 12.8. The van der Waals surface area contributed by atoms with Gasteiger partial charge in [0, 0.05) is 19.0 Å². The van der Waals surface area contributed by atoms with Crippen LogP contribution in [-0.2, 0) is 14.8 Å². The summed E-state index contributed by atoms with van der Waals surface area (Å²) in [5, 5.41) is 5.09. The number of sulfonamides is 1. The van der Waals surface area contributed by atoms with E-state index in [1.165, 1.54) is 10.4 Å². The molecule has 168 valence electrons. The number of rotatable bonds is 5. The molecule has 1 heterocycles. The average molecular weight is 475 g/mol. The Morgan fingerprint density at radius 1 is 1.06 bits per heavy atom. The van der Waals surface area contributed by atoms with E-state index in [0.29, 0.717) is 12.8 Å². The van der Waals surface area contributed by atoms with Gasteiger partial charge in [-0.1, -0.05) is 48.0 Å². The van der Waals surface area contributed by atoms with E-state index in [1.54, 1.807) is 0 Å². The van der Waals surface area contributed by atoms with Crippen LogP contribution >= 0.6 is 11.6 Å². The van der Waals surface area contributed by atoms with Gasteiger partial charge in [0.1, 0.15) is 5.82 Å². The van der Waals surface area contributed by atoms with Crippen molar-refractivity contribution in [3.8, 4) is 0 Å². The van der Waals surface area contributed by atoms with Crippen LogP contribution in [0.25, 0.3) is 10.8 Å². The summed E-state index contributed by atoms with van der Waals surface area (Å²) in [6, 6.07) is 17.4. The first-order valence-corrected chi connectivity index (χ1v) is 12.3. The lowest BCUT2D eigenvalue weighted by atomic mass is 9.96. The van der Waals surface area contributed by atoms with E-state index < -0.39 is 15.8 Å². The number of hydrogen-bond acceptors (Lipinski definition) is 3. The molecule has 1 fully saturated rings. The highest BCUT2D eigenvalue weighted by molar-refractivity contribution is 7.89. The lowest BCUT2D eigenvalue weighted by Crippen LogP contribution is -2.43. The van der Waals surface area contributed by atoms with Gasteiger partial charge in [-0.25, -0.2) is 12.8 Å². The first-order chi connectivity index (χ1) is 15.3. The fourth-order valence-electron chi connectivity index (χ4n) is 4.04. The van der Waals surface area contributed by atoms with E-state index >= 15 is 0 Å². The molecule has 1 unspecified atom stereocenters. The molecule has 4 rings (SSSR count). The Bertz CT molecular complexity index is 1260. The van der Waals surface area contributed by atoms with Gasteiger partial charge in [-0.3, -0.25) is 4.79 Å². The number of carbonyl (C=O) groups excluding carboxylic acids is 1. The molecule has 0 radical (unpaired) electrons.